The maximum absolute atomic E-state index is 12.2. The average Bonchev–Trinajstić information content (AvgIpc) is 3.07. The van der Waals surface area contributed by atoms with Crippen molar-refractivity contribution in [2.24, 2.45) is 5.92 Å². The van der Waals surface area contributed by atoms with Crippen LogP contribution in [0.15, 0.2) is 24.3 Å². The van der Waals surface area contributed by atoms with Crippen LogP contribution in [0.25, 0.3) is 0 Å². The van der Waals surface area contributed by atoms with Gasteiger partial charge in [0.1, 0.15) is 5.75 Å². The van der Waals surface area contributed by atoms with Crippen LogP contribution in [0.1, 0.15) is 55.8 Å². The number of carboxylic acid groups (broad SMARTS) is 1. The zero-order chi connectivity index (χ0) is 18.2. The number of carbonyl (C=O) groups is 3. The van der Waals surface area contributed by atoms with Crippen LogP contribution in [0.3, 0.4) is 0 Å². The van der Waals surface area contributed by atoms with Crippen molar-refractivity contribution in [3.63, 3.8) is 0 Å². The van der Waals surface area contributed by atoms with E-state index in [1.165, 1.54) is 0 Å². The summed E-state index contributed by atoms with van der Waals surface area (Å²) < 4.78 is 5.47. The molecule has 0 bridgehead atoms. The van der Waals surface area contributed by atoms with E-state index in [9.17, 15) is 14.4 Å². The first-order valence-electron chi connectivity index (χ1n) is 8.77. The molecule has 0 aliphatic heterocycles. The van der Waals surface area contributed by atoms with Gasteiger partial charge in [-0.15, -0.1) is 0 Å². The smallest absolute Gasteiger partial charge is 0.306 e. The number of aliphatic carboxylic acids is 1. The second-order valence-electron chi connectivity index (χ2n) is 6.41. The molecule has 1 amide bonds. The van der Waals surface area contributed by atoms with E-state index in [-0.39, 0.29) is 36.5 Å². The number of hydrogen-bond acceptors (Lipinski definition) is 4. The molecule has 25 heavy (non-hydrogen) atoms. The zero-order valence-corrected chi connectivity index (χ0v) is 14.5. The van der Waals surface area contributed by atoms with Crippen LogP contribution in [0.4, 0.5) is 0 Å². The fraction of sp³-hybridized carbons (Fsp3) is 0.526. The number of hydrogen-bond donors (Lipinski definition) is 2. The third-order valence-electron chi connectivity index (χ3n) is 4.38. The lowest BCUT2D eigenvalue weighted by molar-refractivity contribution is -0.141. The minimum atomic E-state index is -0.807. The quantitative estimate of drug-likeness (QED) is 0.670. The first kappa shape index (κ1) is 19.0. The molecule has 136 valence electrons. The van der Waals surface area contributed by atoms with Crippen LogP contribution < -0.4 is 10.1 Å². The maximum Gasteiger partial charge on any atom is 0.306 e. The Morgan fingerprint density at radius 1 is 1.16 bits per heavy atom. The Balaban J connectivity index is 1.74. The minimum Gasteiger partial charge on any atom is -0.494 e. The van der Waals surface area contributed by atoms with Crippen LogP contribution in [0, 0.1) is 5.92 Å². The Morgan fingerprint density at radius 3 is 2.48 bits per heavy atom. The molecule has 6 heteroatoms. The molecule has 6 nitrogen and oxygen atoms in total. The lowest BCUT2D eigenvalue weighted by atomic mass is 10.1. The summed E-state index contributed by atoms with van der Waals surface area (Å²) in [4.78, 5) is 35.0. The highest BCUT2D eigenvalue weighted by Gasteiger charge is 2.30. The zero-order valence-electron chi connectivity index (χ0n) is 14.5. The molecular weight excluding hydrogens is 322 g/mol. The Kier molecular flexibility index (Phi) is 6.98. The maximum atomic E-state index is 12.2. The second-order valence-corrected chi connectivity index (χ2v) is 6.41. The molecule has 2 atom stereocenters. The Bertz CT molecular complexity index is 611. The normalized spacial score (nSPS) is 19.4. The van der Waals surface area contributed by atoms with Crippen molar-refractivity contribution in [1.82, 2.24) is 5.32 Å². The summed E-state index contributed by atoms with van der Waals surface area (Å²) in [6.45, 7) is 2.66. The largest absolute Gasteiger partial charge is 0.494 e. The van der Waals surface area contributed by atoms with Gasteiger partial charge in [-0.1, -0.05) is 6.92 Å². The van der Waals surface area contributed by atoms with Gasteiger partial charge in [-0.05, 0) is 49.9 Å². The van der Waals surface area contributed by atoms with Crippen molar-refractivity contribution >= 4 is 17.7 Å². The molecule has 1 aliphatic rings. The van der Waals surface area contributed by atoms with Crippen molar-refractivity contribution in [3.8, 4) is 5.75 Å². The summed E-state index contributed by atoms with van der Waals surface area (Å²) in [6.07, 6.45) is 2.90. The van der Waals surface area contributed by atoms with E-state index in [0.717, 1.165) is 12.2 Å². The Morgan fingerprint density at radius 2 is 1.88 bits per heavy atom. The summed E-state index contributed by atoms with van der Waals surface area (Å²) in [6, 6.07) is 6.83. The van der Waals surface area contributed by atoms with E-state index in [1.807, 2.05) is 6.92 Å². The third-order valence-corrected chi connectivity index (χ3v) is 4.38. The molecule has 2 rings (SSSR count). The van der Waals surface area contributed by atoms with E-state index < -0.39 is 5.97 Å². The molecule has 0 saturated heterocycles. The van der Waals surface area contributed by atoms with Gasteiger partial charge in [-0.25, -0.2) is 0 Å². The molecule has 0 radical (unpaired) electrons. The summed E-state index contributed by atoms with van der Waals surface area (Å²) in [5.41, 5.74) is 0.559. The number of carbonyl (C=O) groups excluding carboxylic acids is 2. The van der Waals surface area contributed by atoms with Crippen LogP contribution >= 0.6 is 0 Å². The van der Waals surface area contributed by atoms with Crippen LogP contribution in [-0.4, -0.2) is 35.4 Å². The highest BCUT2D eigenvalue weighted by Crippen LogP contribution is 2.25. The summed E-state index contributed by atoms with van der Waals surface area (Å²) >= 11 is 0. The van der Waals surface area contributed by atoms with Gasteiger partial charge in [0.25, 0.3) is 0 Å². The van der Waals surface area contributed by atoms with Crippen LogP contribution in [0.5, 0.6) is 5.75 Å². The molecule has 1 aromatic rings. The number of amides is 1. The fourth-order valence-electron chi connectivity index (χ4n) is 2.97. The van der Waals surface area contributed by atoms with Gasteiger partial charge in [0.05, 0.1) is 12.5 Å². The molecule has 0 unspecified atom stereocenters. The second kappa shape index (κ2) is 9.20. The van der Waals surface area contributed by atoms with E-state index in [0.29, 0.717) is 31.4 Å². The molecule has 0 aromatic heterocycles. The first-order chi connectivity index (χ1) is 12.0. The van der Waals surface area contributed by atoms with Gasteiger partial charge < -0.3 is 15.2 Å². The highest BCUT2D eigenvalue weighted by molar-refractivity contribution is 5.98. The van der Waals surface area contributed by atoms with Gasteiger partial charge >= 0.3 is 5.97 Å². The lowest BCUT2D eigenvalue weighted by Crippen LogP contribution is -2.33. The molecular formula is C19H25NO5. The summed E-state index contributed by atoms with van der Waals surface area (Å²) in [5.74, 6) is -0.747. The van der Waals surface area contributed by atoms with Gasteiger partial charge in [-0.2, -0.15) is 0 Å². The first-order valence-corrected chi connectivity index (χ1v) is 8.77. The van der Waals surface area contributed by atoms with E-state index in [4.69, 9.17) is 9.84 Å². The summed E-state index contributed by atoms with van der Waals surface area (Å²) in [5, 5.41) is 11.8. The fourth-order valence-corrected chi connectivity index (χ4v) is 2.97. The molecule has 2 N–H and O–H groups in total. The van der Waals surface area contributed by atoms with Gasteiger partial charge in [-0.3, -0.25) is 14.4 Å². The van der Waals surface area contributed by atoms with Crippen molar-refractivity contribution in [3.05, 3.63) is 29.8 Å². The minimum absolute atomic E-state index is 0.0907. The van der Waals surface area contributed by atoms with E-state index in [2.05, 4.69) is 5.32 Å². The number of nitrogens with one attached hydrogen (secondary N) is 1. The number of carboxylic acids is 1. The highest BCUT2D eigenvalue weighted by atomic mass is 16.5. The number of ketones is 1. The van der Waals surface area contributed by atoms with Crippen LogP contribution in [-0.2, 0) is 9.59 Å². The number of ether oxygens (including phenoxy) is 1. The van der Waals surface area contributed by atoms with Gasteiger partial charge in [0, 0.05) is 24.4 Å². The topological polar surface area (TPSA) is 92.7 Å². The van der Waals surface area contributed by atoms with Crippen molar-refractivity contribution < 1.29 is 24.2 Å². The van der Waals surface area contributed by atoms with E-state index >= 15 is 0 Å². The molecule has 1 aromatic carbocycles. The monoisotopic (exact) mass is 347 g/mol. The van der Waals surface area contributed by atoms with Gasteiger partial charge in [0.15, 0.2) is 5.78 Å². The van der Waals surface area contributed by atoms with Crippen molar-refractivity contribution in [1.29, 1.82) is 0 Å². The van der Waals surface area contributed by atoms with E-state index in [1.54, 1.807) is 24.3 Å². The summed E-state index contributed by atoms with van der Waals surface area (Å²) in [7, 11) is 0. The molecule has 1 saturated carbocycles. The number of rotatable bonds is 9. The number of Topliss-reactive ketones (excluding diaryl/α,β-unsaturated/α-hetero) is 1. The van der Waals surface area contributed by atoms with Crippen molar-refractivity contribution in [2.75, 3.05) is 6.61 Å². The molecule has 1 fully saturated rings. The molecule has 0 heterocycles. The standard InChI is InChI=1S/C19H25NO5/c1-2-11-25-16-7-4-13(5-8-16)17(21)9-10-18(22)20-15-6-3-14(12-15)19(23)24/h4-5,7-8,14-15H,2-3,6,9-12H2,1H3,(H,20,22)(H,23,24)/t14-,15+/m0/s1. The Hall–Kier alpha value is -2.37. The number of benzene rings is 1. The predicted molar refractivity (Wildman–Crippen MR) is 92.7 cm³/mol. The average molecular weight is 347 g/mol. The predicted octanol–water partition coefficient (Wildman–Crippen LogP) is 2.81. The van der Waals surface area contributed by atoms with Crippen molar-refractivity contribution in [2.45, 2.75) is 51.5 Å². The lowest BCUT2D eigenvalue weighted by Gasteiger charge is -2.12. The molecule has 0 spiro atoms. The van der Waals surface area contributed by atoms with Gasteiger partial charge in [0.2, 0.25) is 5.91 Å². The SMILES string of the molecule is CCCOc1ccc(C(=O)CCC(=O)N[C@@H]2CC[C@H](C(=O)O)C2)cc1. The van der Waals surface area contributed by atoms with Crippen LogP contribution in [0.2, 0.25) is 0 Å². The third kappa shape index (κ3) is 5.89. The molecule has 1 aliphatic carbocycles. The Labute approximate surface area is 147 Å².